The number of rotatable bonds is 4. The van der Waals surface area contributed by atoms with Crippen LogP contribution in [0.3, 0.4) is 0 Å². The van der Waals surface area contributed by atoms with Crippen molar-refractivity contribution in [1.82, 2.24) is 9.62 Å². The number of anilines is 1. The van der Waals surface area contributed by atoms with Gasteiger partial charge in [-0.1, -0.05) is 19.3 Å². The van der Waals surface area contributed by atoms with E-state index in [0.717, 1.165) is 18.4 Å². The minimum absolute atomic E-state index is 0.0297. The lowest BCUT2D eigenvalue weighted by Gasteiger charge is -2.32. The van der Waals surface area contributed by atoms with Gasteiger partial charge in [-0.3, -0.25) is 9.59 Å². The van der Waals surface area contributed by atoms with Gasteiger partial charge in [-0.15, -0.1) is 0 Å². The summed E-state index contributed by atoms with van der Waals surface area (Å²) in [7, 11) is -3.61. The van der Waals surface area contributed by atoms with Gasteiger partial charge in [-0.25, -0.2) is 8.42 Å². The summed E-state index contributed by atoms with van der Waals surface area (Å²) in [5, 5.41) is 6.02. The van der Waals surface area contributed by atoms with Crippen molar-refractivity contribution >= 4 is 27.5 Å². The lowest BCUT2D eigenvalue weighted by molar-refractivity contribution is -0.127. The fourth-order valence-electron chi connectivity index (χ4n) is 4.78. The molecular weight excluding hydrogens is 402 g/mol. The minimum atomic E-state index is -3.61. The van der Waals surface area contributed by atoms with Gasteiger partial charge in [0.25, 0.3) is 0 Å². The molecule has 0 atom stereocenters. The van der Waals surface area contributed by atoms with E-state index in [-0.39, 0.29) is 28.7 Å². The molecule has 3 aliphatic rings. The fraction of sp³-hybridized carbons (Fsp3) is 0.636. The molecule has 0 aromatic heterocycles. The van der Waals surface area contributed by atoms with Crippen molar-refractivity contribution in [2.24, 2.45) is 5.92 Å². The average Bonchev–Trinajstić information content (AvgIpc) is 2.94. The molecule has 8 heteroatoms. The predicted molar refractivity (Wildman–Crippen MR) is 115 cm³/mol. The van der Waals surface area contributed by atoms with E-state index in [1.165, 1.54) is 23.6 Å². The van der Waals surface area contributed by atoms with Crippen LogP contribution in [-0.2, 0) is 26.0 Å². The lowest BCUT2D eigenvalue weighted by Crippen LogP contribution is -2.45. The number of piperidine rings is 1. The van der Waals surface area contributed by atoms with E-state index >= 15 is 0 Å². The molecule has 7 nitrogen and oxygen atoms in total. The van der Waals surface area contributed by atoms with Crippen LogP contribution in [0.15, 0.2) is 23.1 Å². The van der Waals surface area contributed by atoms with Crippen LogP contribution < -0.4 is 10.6 Å². The Morgan fingerprint density at radius 1 is 1.00 bits per heavy atom. The minimum Gasteiger partial charge on any atom is -0.353 e. The summed E-state index contributed by atoms with van der Waals surface area (Å²) in [4.78, 5) is 24.6. The highest BCUT2D eigenvalue weighted by atomic mass is 32.2. The van der Waals surface area contributed by atoms with Crippen molar-refractivity contribution in [2.75, 3.05) is 18.4 Å². The Bertz CT molecular complexity index is 901. The first-order valence-electron chi connectivity index (χ1n) is 11.2. The van der Waals surface area contributed by atoms with E-state index in [0.29, 0.717) is 50.9 Å². The van der Waals surface area contributed by atoms with Crippen molar-refractivity contribution in [3.05, 3.63) is 23.8 Å². The fourth-order valence-corrected chi connectivity index (χ4v) is 6.31. The molecule has 1 saturated heterocycles. The van der Waals surface area contributed by atoms with Crippen molar-refractivity contribution < 1.29 is 18.0 Å². The highest BCUT2D eigenvalue weighted by molar-refractivity contribution is 7.89. The SMILES string of the molecule is O=C1CCCc2cc(S(=O)(=O)N3CCC(C(=O)NC4CCCCC4)CC3)ccc2N1. The second-order valence-electron chi connectivity index (χ2n) is 8.74. The number of nitrogens with zero attached hydrogens (tertiary/aromatic N) is 1. The van der Waals surface area contributed by atoms with Gasteiger partial charge in [-0.2, -0.15) is 4.31 Å². The third-order valence-corrected chi connectivity index (χ3v) is 8.51. The molecule has 1 saturated carbocycles. The van der Waals surface area contributed by atoms with E-state index in [1.54, 1.807) is 18.2 Å². The maximum atomic E-state index is 13.2. The molecule has 2 fully saturated rings. The standard InChI is InChI=1S/C22H31N3O4S/c26-21-8-4-5-17-15-19(9-10-20(17)24-21)30(28,29)25-13-11-16(12-14-25)22(27)23-18-6-2-1-3-7-18/h9-10,15-16,18H,1-8,11-14H2,(H,23,27)(H,24,26). The number of hydrogen-bond acceptors (Lipinski definition) is 4. The average molecular weight is 434 g/mol. The highest BCUT2D eigenvalue weighted by Crippen LogP contribution is 2.29. The molecule has 2 aliphatic heterocycles. The zero-order valence-electron chi connectivity index (χ0n) is 17.4. The Hall–Kier alpha value is -1.93. The number of nitrogens with one attached hydrogen (secondary N) is 2. The number of sulfonamides is 1. The van der Waals surface area contributed by atoms with Gasteiger partial charge in [0.05, 0.1) is 4.90 Å². The molecule has 2 amide bonds. The molecule has 30 heavy (non-hydrogen) atoms. The first-order valence-corrected chi connectivity index (χ1v) is 12.6. The normalized spacial score (nSPS) is 22.1. The molecule has 0 spiro atoms. The van der Waals surface area contributed by atoms with Gasteiger partial charge in [-0.05, 0) is 62.3 Å². The van der Waals surface area contributed by atoms with Crippen LogP contribution in [0.2, 0.25) is 0 Å². The predicted octanol–water partition coefficient (Wildman–Crippen LogP) is 2.81. The Labute approximate surface area is 178 Å². The van der Waals surface area contributed by atoms with Crippen molar-refractivity contribution in [3.8, 4) is 0 Å². The summed E-state index contributed by atoms with van der Waals surface area (Å²) in [5.74, 6) is -0.0571. The van der Waals surface area contributed by atoms with E-state index in [4.69, 9.17) is 0 Å². The Balaban J connectivity index is 1.38. The summed E-state index contributed by atoms with van der Waals surface area (Å²) in [5.41, 5.74) is 1.57. The lowest BCUT2D eigenvalue weighted by atomic mass is 9.93. The van der Waals surface area contributed by atoms with E-state index in [9.17, 15) is 18.0 Å². The second kappa shape index (κ2) is 9.06. The van der Waals surface area contributed by atoms with Gasteiger partial charge in [0.15, 0.2) is 0 Å². The number of aryl methyl sites for hydroxylation is 1. The monoisotopic (exact) mass is 433 g/mol. The van der Waals surface area contributed by atoms with Crippen LogP contribution in [0.5, 0.6) is 0 Å². The van der Waals surface area contributed by atoms with Crippen molar-refractivity contribution in [1.29, 1.82) is 0 Å². The molecular formula is C22H31N3O4S. The zero-order valence-corrected chi connectivity index (χ0v) is 18.2. The molecule has 2 N–H and O–H groups in total. The topological polar surface area (TPSA) is 95.6 Å². The van der Waals surface area contributed by atoms with Gasteiger partial charge in [0, 0.05) is 37.2 Å². The number of benzene rings is 1. The highest BCUT2D eigenvalue weighted by Gasteiger charge is 2.33. The van der Waals surface area contributed by atoms with Crippen LogP contribution in [0, 0.1) is 5.92 Å². The molecule has 2 heterocycles. The van der Waals surface area contributed by atoms with Crippen LogP contribution in [0.25, 0.3) is 0 Å². The number of carbonyl (C=O) groups is 2. The summed E-state index contributed by atoms with van der Waals surface area (Å²) in [6.45, 7) is 0.720. The summed E-state index contributed by atoms with van der Waals surface area (Å²) < 4.78 is 27.8. The van der Waals surface area contributed by atoms with Crippen LogP contribution in [0.1, 0.15) is 63.4 Å². The van der Waals surface area contributed by atoms with Gasteiger partial charge in [0.1, 0.15) is 0 Å². The third-order valence-electron chi connectivity index (χ3n) is 6.61. The van der Waals surface area contributed by atoms with E-state index in [1.807, 2.05) is 0 Å². The third kappa shape index (κ3) is 4.70. The van der Waals surface area contributed by atoms with Crippen molar-refractivity contribution in [3.63, 3.8) is 0 Å². The first kappa shape index (κ1) is 21.3. The summed E-state index contributed by atoms with van der Waals surface area (Å²) >= 11 is 0. The molecule has 1 aromatic rings. The van der Waals surface area contributed by atoms with Gasteiger partial charge >= 0.3 is 0 Å². The van der Waals surface area contributed by atoms with Gasteiger partial charge in [0.2, 0.25) is 21.8 Å². The molecule has 164 valence electrons. The molecule has 1 aliphatic carbocycles. The molecule has 4 rings (SSSR count). The molecule has 1 aromatic carbocycles. The van der Waals surface area contributed by atoms with Crippen LogP contribution in [0.4, 0.5) is 5.69 Å². The van der Waals surface area contributed by atoms with Crippen molar-refractivity contribution in [2.45, 2.75) is 75.1 Å². The number of hydrogen-bond donors (Lipinski definition) is 2. The Morgan fingerprint density at radius 3 is 2.47 bits per heavy atom. The summed E-state index contributed by atoms with van der Waals surface area (Å²) in [6.07, 6.45) is 8.65. The molecule has 0 unspecified atom stereocenters. The number of carbonyl (C=O) groups excluding carboxylic acids is 2. The van der Waals surface area contributed by atoms with Crippen LogP contribution >= 0.6 is 0 Å². The largest absolute Gasteiger partial charge is 0.353 e. The number of fused-ring (bicyclic) bond motifs is 1. The maximum Gasteiger partial charge on any atom is 0.243 e. The quantitative estimate of drug-likeness (QED) is 0.763. The Kier molecular flexibility index (Phi) is 6.43. The first-order chi connectivity index (χ1) is 14.4. The summed E-state index contributed by atoms with van der Waals surface area (Å²) in [6, 6.07) is 5.24. The molecule has 0 radical (unpaired) electrons. The van der Waals surface area contributed by atoms with E-state index in [2.05, 4.69) is 10.6 Å². The van der Waals surface area contributed by atoms with Gasteiger partial charge < -0.3 is 10.6 Å². The van der Waals surface area contributed by atoms with E-state index < -0.39 is 10.0 Å². The zero-order chi connectivity index (χ0) is 21.1. The Morgan fingerprint density at radius 2 is 1.73 bits per heavy atom. The molecule has 0 bridgehead atoms. The second-order valence-corrected chi connectivity index (χ2v) is 10.7. The van der Waals surface area contributed by atoms with Crippen LogP contribution in [-0.4, -0.2) is 43.7 Å². The number of amides is 2. The maximum absolute atomic E-state index is 13.2. The smallest absolute Gasteiger partial charge is 0.243 e.